The Balaban J connectivity index is 2.11. The lowest BCUT2D eigenvalue weighted by atomic mass is 9.98. The number of hydrogen-bond donors (Lipinski definition) is 1. The zero-order valence-corrected chi connectivity index (χ0v) is 10.3. The monoisotopic (exact) mass is 241 g/mol. The summed E-state index contributed by atoms with van der Waals surface area (Å²) in [6.07, 6.45) is 2.50. The van der Waals surface area contributed by atoms with Gasteiger partial charge in [-0.15, -0.1) is 0 Å². The van der Waals surface area contributed by atoms with E-state index in [1.165, 1.54) is 4.90 Å². The normalized spacial score (nSPS) is 37.4. The molecule has 1 N–H and O–H groups in total. The van der Waals surface area contributed by atoms with Crippen LogP contribution in [0.2, 0.25) is 0 Å². The molecule has 2 aliphatic heterocycles. The van der Waals surface area contributed by atoms with Crippen molar-refractivity contribution in [1.82, 2.24) is 4.90 Å². The van der Waals surface area contributed by atoms with Crippen molar-refractivity contribution in [3.05, 3.63) is 0 Å². The second kappa shape index (κ2) is 4.29. The summed E-state index contributed by atoms with van der Waals surface area (Å²) in [7, 11) is 0. The lowest BCUT2D eigenvalue weighted by molar-refractivity contribution is -0.160. The van der Waals surface area contributed by atoms with Crippen LogP contribution in [0.3, 0.4) is 0 Å². The smallest absolute Gasteiger partial charge is 0.329 e. The Kier molecular flexibility index (Phi) is 3.12. The minimum Gasteiger partial charge on any atom is -0.480 e. The molecule has 5 nitrogen and oxygen atoms in total. The third kappa shape index (κ3) is 2.04. The molecule has 0 aromatic heterocycles. The summed E-state index contributed by atoms with van der Waals surface area (Å²) in [5.41, 5.74) is -1.05. The number of carbonyl (C=O) groups is 2. The van der Waals surface area contributed by atoms with Gasteiger partial charge in [0.25, 0.3) is 5.91 Å². The molecular weight excluding hydrogens is 222 g/mol. The van der Waals surface area contributed by atoms with E-state index in [0.717, 1.165) is 12.8 Å². The van der Waals surface area contributed by atoms with Crippen LogP contribution in [0.25, 0.3) is 0 Å². The summed E-state index contributed by atoms with van der Waals surface area (Å²) < 4.78 is 5.52. The van der Waals surface area contributed by atoms with Crippen LogP contribution in [0.1, 0.15) is 39.5 Å². The number of rotatable bonds is 2. The van der Waals surface area contributed by atoms with Crippen molar-refractivity contribution in [3.8, 4) is 0 Å². The van der Waals surface area contributed by atoms with Gasteiger partial charge in [0.2, 0.25) is 0 Å². The molecule has 0 spiro atoms. The lowest BCUT2D eigenvalue weighted by Gasteiger charge is -2.32. The summed E-state index contributed by atoms with van der Waals surface area (Å²) in [5.74, 6) is -1.08. The molecule has 17 heavy (non-hydrogen) atoms. The molecule has 5 heteroatoms. The molecule has 2 heterocycles. The van der Waals surface area contributed by atoms with Gasteiger partial charge in [-0.25, -0.2) is 4.79 Å². The molecule has 2 saturated heterocycles. The van der Waals surface area contributed by atoms with Gasteiger partial charge >= 0.3 is 5.97 Å². The van der Waals surface area contributed by atoms with E-state index in [1.54, 1.807) is 6.92 Å². The number of carbonyl (C=O) groups excluding carboxylic acids is 1. The number of aliphatic carboxylic acids is 1. The van der Waals surface area contributed by atoms with E-state index in [1.807, 2.05) is 6.92 Å². The van der Waals surface area contributed by atoms with Crippen LogP contribution >= 0.6 is 0 Å². The number of carboxylic acid groups (broad SMARTS) is 1. The predicted octanol–water partition coefficient (Wildman–Crippen LogP) is 1.02. The maximum Gasteiger partial charge on any atom is 0.329 e. The zero-order valence-electron chi connectivity index (χ0n) is 10.3. The Morgan fingerprint density at radius 3 is 2.65 bits per heavy atom. The van der Waals surface area contributed by atoms with Gasteiger partial charge in [0, 0.05) is 6.54 Å². The van der Waals surface area contributed by atoms with Crippen LogP contribution in [0, 0.1) is 0 Å². The molecule has 1 amide bonds. The van der Waals surface area contributed by atoms with E-state index in [-0.39, 0.29) is 12.0 Å². The largest absolute Gasteiger partial charge is 0.480 e. The SMILES string of the molecule is CC1CCC(C(=O)N2CCCC2(C)C(=O)O)O1. The first kappa shape index (κ1) is 12.4. The van der Waals surface area contributed by atoms with E-state index in [4.69, 9.17) is 4.74 Å². The maximum atomic E-state index is 12.3. The molecular formula is C12H19NO4. The number of ether oxygens (including phenoxy) is 1. The van der Waals surface area contributed by atoms with Gasteiger partial charge in [-0.2, -0.15) is 0 Å². The van der Waals surface area contributed by atoms with Crippen LogP contribution in [0.4, 0.5) is 0 Å². The van der Waals surface area contributed by atoms with Crippen molar-refractivity contribution >= 4 is 11.9 Å². The standard InChI is InChI=1S/C12H19NO4/c1-8-4-5-9(17-8)10(14)13-7-3-6-12(13,2)11(15)16/h8-9H,3-7H2,1-2H3,(H,15,16). The summed E-state index contributed by atoms with van der Waals surface area (Å²) >= 11 is 0. The molecule has 0 bridgehead atoms. The molecule has 0 saturated carbocycles. The molecule has 3 atom stereocenters. The molecule has 2 fully saturated rings. The summed E-state index contributed by atoms with van der Waals surface area (Å²) in [6.45, 7) is 4.09. The fourth-order valence-corrected chi connectivity index (χ4v) is 2.70. The minimum absolute atomic E-state index is 0.0997. The van der Waals surface area contributed by atoms with Crippen LogP contribution in [0.15, 0.2) is 0 Å². The Labute approximate surface area is 101 Å². The molecule has 0 aromatic carbocycles. The first-order valence-corrected chi connectivity index (χ1v) is 6.15. The average molecular weight is 241 g/mol. The third-order valence-corrected chi connectivity index (χ3v) is 3.88. The van der Waals surface area contributed by atoms with E-state index >= 15 is 0 Å². The second-order valence-electron chi connectivity index (χ2n) is 5.19. The van der Waals surface area contributed by atoms with E-state index in [0.29, 0.717) is 19.4 Å². The first-order valence-electron chi connectivity index (χ1n) is 6.15. The highest BCUT2D eigenvalue weighted by atomic mass is 16.5. The second-order valence-corrected chi connectivity index (χ2v) is 5.19. The molecule has 0 aliphatic carbocycles. The fraction of sp³-hybridized carbons (Fsp3) is 0.833. The third-order valence-electron chi connectivity index (χ3n) is 3.88. The highest BCUT2D eigenvalue weighted by molar-refractivity contribution is 5.89. The average Bonchev–Trinajstić information content (AvgIpc) is 2.85. The van der Waals surface area contributed by atoms with Gasteiger partial charge in [-0.1, -0.05) is 0 Å². The maximum absolute atomic E-state index is 12.3. The van der Waals surface area contributed by atoms with E-state index in [9.17, 15) is 14.7 Å². The summed E-state index contributed by atoms with van der Waals surface area (Å²) in [6, 6.07) is 0. The Morgan fingerprint density at radius 2 is 2.12 bits per heavy atom. The first-order chi connectivity index (χ1) is 7.95. The van der Waals surface area contributed by atoms with Gasteiger partial charge in [0.05, 0.1) is 6.10 Å². The summed E-state index contributed by atoms with van der Waals surface area (Å²) in [4.78, 5) is 25.0. The Morgan fingerprint density at radius 1 is 1.41 bits per heavy atom. The predicted molar refractivity (Wildman–Crippen MR) is 60.6 cm³/mol. The van der Waals surface area contributed by atoms with Gasteiger partial charge in [0.15, 0.2) is 0 Å². The van der Waals surface area contributed by atoms with Crippen molar-refractivity contribution in [2.75, 3.05) is 6.54 Å². The number of hydrogen-bond acceptors (Lipinski definition) is 3. The molecule has 2 aliphatic rings. The topological polar surface area (TPSA) is 66.8 Å². The van der Waals surface area contributed by atoms with Crippen molar-refractivity contribution < 1.29 is 19.4 Å². The molecule has 0 aromatic rings. The number of likely N-dealkylation sites (tertiary alicyclic amines) is 1. The van der Waals surface area contributed by atoms with Gasteiger partial charge in [-0.05, 0) is 39.5 Å². The number of carboxylic acids is 1. The van der Waals surface area contributed by atoms with Crippen molar-refractivity contribution in [3.63, 3.8) is 0 Å². The fourth-order valence-electron chi connectivity index (χ4n) is 2.70. The van der Waals surface area contributed by atoms with E-state index in [2.05, 4.69) is 0 Å². The van der Waals surface area contributed by atoms with E-state index < -0.39 is 17.6 Å². The highest BCUT2D eigenvalue weighted by Gasteiger charge is 2.48. The number of amides is 1. The Hall–Kier alpha value is -1.10. The number of nitrogens with zero attached hydrogens (tertiary/aromatic N) is 1. The van der Waals surface area contributed by atoms with Crippen molar-refractivity contribution in [2.24, 2.45) is 0 Å². The van der Waals surface area contributed by atoms with Gasteiger partial charge in [-0.3, -0.25) is 4.79 Å². The summed E-state index contributed by atoms with van der Waals surface area (Å²) in [5, 5.41) is 9.25. The van der Waals surface area contributed by atoms with Gasteiger partial charge in [0.1, 0.15) is 11.6 Å². The molecule has 3 unspecified atom stereocenters. The highest BCUT2D eigenvalue weighted by Crippen LogP contribution is 2.32. The zero-order chi connectivity index (χ0) is 12.6. The Bertz CT molecular complexity index is 343. The van der Waals surface area contributed by atoms with Crippen LogP contribution in [-0.4, -0.2) is 46.2 Å². The van der Waals surface area contributed by atoms with Crippen LogP contribution < -0.4 is 0 Å². The van der Waals surface area contributed by atoms with Crippen LogP contribution in [0.5, 0.6) is 0 Å². The molecule has 2 rings (SSSR count). The molecule has 96 valence electrons. The lowest BCUT2D eigenvalue weighted by Crippen LogP contribution is -2.53. The van der Waals surface area contributed by atoms with Crippen molar-refractivity contribution in [1.29, 1.82) is 0 Å². The molecule has 0 radical (unpaired) electrons. The quantitative estimate of drug-likeness (QED) is 0.783. The minimum atomic E-state index is -1.05. The van der Waals surface area contributed by atoms with Crippen molar-refractivity contribution in [2.45, 2.75) is 57.3 Å². The van der Waals surface area contributed by atoms with Crippen LogP contribution in [-0.2, 0) is 14.3 Å². The van der Waals surface area contributed by atoms with Gasteiger partial charge < -0.3 is 14.7 Å².